The molecular formula is C19H34N2. The molecule has 1 aromatic rings. The van der Waals surface area contributed by atoms with Crippen LogP contribution in [0.4, 0.5) is 0 Å². The molecule has 0 amide bonds. The van der Waals surface area contributed by atoms with Crippen LogP contribution in [0.3, 0.4) is 0 Å². The number of likely N-dealkylation sites (N-methyl/N-ethyl adjacent to an activating group) is 1. The molecule has 120 valence electrons. The average molecular weight is 290 g/mol. The molecule has 2 heteroatoms. The van der Waals surface area contributed by atoms with Crippen molar-refractivity contribution in [1.82, 2.24) is 10.2 Å². The Morgan fingerprint density at radius 1 is 1.10 bits per heavy atom. The van der Waals surface area contributed by atoms with Crippen molar-refractivity contribution in [3.05, 3.63) is 34.9 Å². The Kier molecular flexibility index (Phi) is 7.98. The highest BCUT2D eigenvalue weighted by Gasteiger charge is 2.14. The van der Waals surface area contributed by atoms with Crippen molar-refractivity contribution in [2.24, 2.45) is 5.92 Å². The molecule has 1 N–H and O–H groups in total. The smallest absolute Gasteiger partial charge is 0.0449 e. The van der Waals surface area contributed by atoms with E-state index in [4.69, 9.17) is 0 Å². The van der Waals surface area contributed by atoms with Crippen molar-refractivity contribution >= 4 is 0 Å². The van der Waals surface area contributed by atoms with Crippen molar-refractivity contribution in [3.8, 4) is 0 Å². The van der Waals surface area contributed by atoms with Gasteiger partial charge in [-0.15, -0.1) is 0 Å². The first-order valence-electron chi connectivity index (χ1n) is 8.42. The zero-order chi connectivity index (χ0) is 15.8. The molecule has 1 unspecified atom stereocenters. The first kappa shape index (κ1) is 18.2. The lowest BCUT2D eigenvalue weighted by molar-refractivity contribution is 0.274. The fourth-order valence-corrected chi connectivity index (χ4v) is 2.70. The van der Waals surface area contributed by atoms with Crippen LogP contribution in [-0.2, 0) is 0 Å². The van der Waals surface area contributed by atoms with E-state index in [1.54, 1.807) is 0 Å². The molecule has 0 bridgehead atoms. The summed E-state index contributed by atoms with van der Waals surface area (Å²) >= 11 is 0. The predicted molar refractivity (Wildman–Crippen MR) is 93.9 cm³/mol. The summed E-state index contributed by atoms with van der Waals surface area (Å²) < 4.78 is 0. The summed E-state index contributed by atoms with van der Waals surface area (Å²) in [5, 5.41) is 3.72. The summed E-state index contributed by atoms with van der Waals surface area (Å²) in [6.07, 6.45) is 2.45. The van der Waals surface area contributed by atoms with Gasteiger partial charge in [0.25, 0.3) is 0 Å². The van der Waals surface area contributed by atoms with Gasteiger partial charge in [-0.25, -0.2) is 0 Å². The minimum atomic E-state index is 0.431. The molecule has 0 spiro atoms. The van der Waals surface area contributed by atoms with Gasteiger partial charge in [-0.1, -0.05) is 50.1 Å². The number of hydrogen-bond acceptors (Lipinski definition) is 2. The Hall–Kier alpha value is -0.860. The molecule has 0 aromatic heterocycles. The van der Waals surface area contributed by atoms with Gasteiger partial charge in [0.15, 0.2) is 0 Å². The lowest BCUT2D eigenvalue weighted by Crippen LogP contribution is -2.34. The van der Waals surface area contributed by atoms with Gasteiger partial charge >= 0.3 is 0 Å². The Labute approximate surface area is 131 Å². The molecule has 0 aliphatic rings. The maximum Gasteiger partial charge on any atom is 0.0449 e. The number of rotatable bonds is 9. The maximum absolute atomic E-state index is 3.72. The van der Waals surface area contributed by atoms with E-state index in [2.05, 4.69) is 70.1 Å². The lowest BCUT2D eigenvalue weighted by Gasteiger charge is -2.26. The molecule has 0 heterocycles. The highest BCUT2D eigenvalue weighted by Crippen LogP contribution is 2.18. The van der Waals surface area contributed by atoms with Gasteiger partial charge < -0.3 is 10.2 Å². The van der Waals surface area contributed by atoms with E-state index < -0.39 is 0 Å². The zero-order valence-corrected chi connectivity index (χ0v) is 14.9. The molecule has 0 fully saturated rings. The third kappa shape index (κ3) is 7.10. The highest BCUT2D eigenvalue weighted by molar-refractivity contribution is 5.30. The van der Waals surface area contributed by atoms with Crippen molar-refractivity contribution in [1.29, 1.82) is 0 Å². The van der Waals surface area contributed by atoms with Crippen molar-refractivity contribution < 1.29 is 0 Å². The third-order valence-corrected chi connectivity index (χ3v) is 3.87. The number of hydrogen-bond donors (Lipinski definition) is 1. The second kappa shape index (κ2) is 9.22. The Morgan fingerprint density at radius 2 is 1.71 bits per heavy atom. The van der Waals surface area contributed by atoms with E-state index in [0.717, 1.165) is 19.0 Å². The molecule has 1 atom stereocenters. The van der Waals surface area contributed by atoms with E-state index in [1.807, 2.05) is 0 Å². The lowest BCUT2D eigenvalue weighted by atomic mass is 10.0. The van der Waals surface area contributed by atoms with Gasteiger partial charge in [-0.3, -0.25) is 0 Å². The first-order valence-corrected chi connectivity index (χ1v) is 8.42. The standard InChI is InChI=1S/C19H34N2/c1-7-9-20-19(14-21(6)10-8-15(2)3)18-12-16(4)11-17(5)13-18/h11-13,15,19-20H,7-10,14H2,1-6H3. The van der Waals surface area contributed by atoms with Crippen molar-refractivity contribution in [2.45, 2.75) is 53.5 Å². The van der Waals surface area contributed by atoms with Crippen LogP contribution >= 0.6 is 0 Å². The van der Waals surface area contributed by atoms with E-state index in [1.165, 1.54) is 36.1 Å². The second-order valence-corrected chi connectivity index (χ2v) is 6.87. The number of nitrogens with zero attached hydrogens (tertiary/aromatic N) is 1. The minimum Gasteiger partial charge on any atom is -0.309 e. The summed E-state index contributed by atoms with van der Waals surface area (Å²) in [5.41, 5.74) is 4.15. The summed E-state index contributed by atoms with van der Waals surface area (Å²) in [6.45, 7) is 14.5. The van der Waals surface area contributed by atoms with Gasteiger partial charge in [0, 0.05) is 12.6 Å². The first-order chi connectivity index (χ1) is 9.92. The third-order valence-electron chi connectivity index (χ3n) is 3.87. The molecule has 0 aliphatic carbocycles. The normalized spacial score (nSPS) is 13.1. The molecule has 0 aliphatic heterocycles. The summed E-state index contributed by atoms with van der Waals surface area (Å²) in [6, 6.07) is 7.34. The minimum absolute atomic E-state index is 0.431. The van der Waals surface area contributed by atoms with Crippen LogP contribution in [-0.4, -0.2) is 31.6 Å². The monoisotopic (exact) mass is 290 g/mol. The molecule has 2 nitrogen and oxygen atoms in total. The summed E-state index contributed by atoms with van der Waals surface area (Å²) in [5.74, 6) is 0.774. The molecule has 0 saturated carbocycles. The Balaban J connectivity index is 2.74. The molecular weight excluding hydrogens is 256 g/mol. The Morgan fingerprint density at radius 3 is 2.24 bits per heavy atom. The number of benzene rings is 1. The maximum atomic E-state index is 3.72. The van der Waals surface area contributed by atoms with Crippen LogP contribution in [0.5, 0.6) is 0 Å². The zero-order valence-electron chi connectivity index (χ0n) is 14.9. The molecule has 21 heavy (non-hydrogen) atoms. The fourth-order valence-electron chi connectivity index (χ4n) is 2.70. The predicted octanol–water partition coefficient (Wildman–Crippen LogP) is 4.32. The molecule has 1 rings (SSSR count). The Bertz CT molecular complexity index is 392. The topological polar surface area (TPSA) is 15.3 Å². The van der Waals surface area contributed by atoms with Crippen LogP contribution in [0.25, 0.3) is 0 Å². The molecule has 0 saturated heterocycles. The van der Waals surface area contributed by atoms with Crippen LogP contribution < -0.4 is 5.32 Å². The molecule has 0 radical (unpaired) electrons. The quantitative estimate of drug-likeness (QED) is 0.728. The van der Waals surface area contributed by atoms with E-state index in [0.29, 0.717) is 6.04 Å². The second-order valence-electron chi connectivity index (χ2n) is 6.87. The highest BCUT2D eigenvalue weighted by atomic mass is 15.1. The van der Waals surface area contributed by atoms with Crippen LogP contribution in [0.1, 0.15) is 56.3 Å². The largest absolute Gasteiger partial charge is 0.309 e. The number of aryl methyl sites for hydroxylation is 2. The van der Waals surface area contributed by atoms with Crippen LogP contribution in [0.15, 0.2) is 18.2 Å². The van der Waals surface area contributed by atoms with Gasteiger partial charge in [0.05, 0.1) is 0 Å². The average Bonchev–Trinajstić information content (AvgIpc) is 2.40. The number of nitrogens with one attached hydrogen (secondary N) is 1. The van der Waals surface area contributed by atoms with Crippen molar-refractivity contribution in [3.63, 3.8) is 0 Å². The molecule has 1 aromatic carbocycles. The van der Waals surface area contributed by atoms with Gasteiger partial charge in [0.1, 0.15) is 0 Å². The summed E-state index contributed by atoms with van der Waals surface area (Å²) in [7, 11) is 2.24. The van der Waals surface area contributed by atoms with Crippen LogP contribution in [0.2, 0.25) is 0 Å². The fraction of sp³-hybridized carbons (Fsp3) is 0.684. The van der Waals surface area contributed by atoms with E-state index in [-0.39, 0.29) is 0 Å². The summed E-state index contributed by atoms with van der Waals surface area (Å²) in [4.78, 5) is 2.46. The van der Waals surface area contributed by atoms with Crippen LogP contribution in [0, 0.1) is 19.8 Å². The van der Waals surface area contributed by atoms with E-state index in [9.17, 15) is 0 Å². The SMILES string of the molecule is CCCNC(CN(C)CCC(C)C)c1cc(C)cc(C)c1. The van der Waals surface area contributed by atoms with E-state index >= 15 is 0 Å². The van der Waals surface area contributed by atoms with Gasteiger partial charge in [-0.05, 0) is 58.3 Å². The van der Waals surface area contributed by atoms with Gasteiger partial charge in [-0.2, -0.15) is 0 Å². The van der Waals surface area contributed by atoms with Gasteiger partial charge in [0.2, 0.25) is 0 Å². The van der Waals surface area contributed by atoms with Crippen molar-refractivity contribution in [2.75, 3.05) is 26.7 Å².